The third-order valence-corrected chi connectivity index (χ3v) is 6.07. The second-order valence-electron chi connectivity index (χ2n) is 6.43. The third kappa shape index (κ3) is 1.32. The van der Waals surface area contributed by atoms with Crippen molar-refractivity contribution < 1.29 is 0 Å². The van der Waals surface area contributed by atoms with E-state index in [1.165, 1.54) is 22.3 Å². The standard InChI is InChI=1S/C18H18S/c1-18(2)16-13-9-5-3-7-11(13)15(17(18)19)12-8-4-6-10-14(12)16/h3-10,15-17,19H,1-2H3. The fraction of sp³-hybridized carbons (Fsp3) is 0.333. The minimum atomic E-state index is 0.205. The predicted molar refractivity (Wildman–Crippen MR) is 83.1 cm³/mol. The molecule has 0 nitrogen and oxygen atoms in total. The Labute approximate surface area is 120 Å². The van der Waals surface area contributed by atoms with E-state index in [0.717, 1.165) is 0 Å². The molecule has 1 heteroatoms. The Balaban J connectivity index is 2.09. The first-order valence-electron chi connectivity index (χ1n) is 6.98. The van der Waals surface area contributed by atoms with Gasteiger partial charge in [-0.05, 0) is 27.7 Å². The summed E-state index contributed by atoms with van der Waals surface area (Å²) in [5.74, 6) is 0.920. The van der Waals surface area contributed by atoms with Gasteiger partial charge < -0.3 is 0 Å². The molecule has 19 heavy (non-hydrogen) atoms. The van der Waals surface area contributed by atoms with E-state index in [9.17, 15) is 0 Å². The highest BCUT2D eigenvalue weighted by molar-refractivity contribution is 7.81. The molecule has 0 N–H and O–H groups in total. The van der Waals surface area contributed by atoms with Gasteiger partial charge in [0.2, 0.25) is 0 Å². The molecule has 0 aromatic heterocycles. The van der Waals surface area contributed by atoms with Crippen LogP contribution in [0, 0.1) is 5.41 Å². The first-order valence-corrected chi connectivity index (χ1v) is 7.49. The van der Waals surface area contributed by atoms with Gasteiger partial charge in [-0.3, -0.25) is 0 Å². The summed E-state index contributed by atoms with van der Waals surface area (Å²) < 4.78 is 0. The number of hydrogen-bond donors (Lipinski definition) is 1. The lowest BCUT2D eigenvalue weighted by atomic mass is 9.53. The molecule has 0 aliphatic heterocycles. The summed E-state index contributed by atoms with van der Waals surface area (Å²) in [6, 6.07) is 17.9. The van der Waals surface area contributed by atoms with Gasteiger partial charge in [0, 0.05) is 17.1 Å². The average molecular weight is 266 g/mol. The van der Waals surface area contributed by atoms with Crippen LogP contribution in [0.15, 0.2) is 48.5 Å². The Morgan fingerprint density at radius 2 is 1.21 bits per heavy atom. The molecule has 3 aliphatic rings. The van der Waals surface area contributed by atoms with Crippen molar-refractivity contribution >= 4 is 12.6 Å². The van der Waals surface area contributed by atoms with E-state index >= 15 is 0 Å². The fourth-order valence-corrected chi connectivity index (χ4v) is 4.66. The van der Waals surface area contributed by atoms with Crippen LogP contribution in [0.25, 0.3) is 0 Å². The number of thiol groups is 1. The van der Waals surface area contributed by atoms with Gasteiger partial charge in [0.25, 0.3) is 0 Å². The summed E-state index contributed by atoms with van der Waals surface area (Å²) in [6.45, 7) is 4.74. The topological polar surface area (TPSA) is 0 Å². The second-order valence-corrected chi connectivity index (χ2v) is 6.99. The Morgan fingerprint density at radius 3 is 1.68 bits per heavy atom. The van der Waals surface area contributed by atoms with Crippen LogP contribution in [0.4, 0.5) is 0 Å². The first kappa shape index (κ1) is 11.6. The van der Waals surface area contributed by atoms with Crippen molar-refractivity contribution in [1.82, 2.24) is 0 Å². The zero-order valence-electron chi connectivity index (χ0n) is 11.3. The zero-order chi connectivity index (χ0) is 13.2. The maximum Gasteiger partial charge on any atom is 0.0217 e. The van der Waals surface area contributed by atoms with Gasteiger partial charge in [-0.1, -0.05) is 62.4 Å². The van der Waals surface area contributed by atoms with Crippen molar-refractivity contribution in [3.05, 3.63) is 70.8 Å². The molecule has 1 atom stereocenters. The van der Waals surface area contributed by atoms with E-state index in [4.69, 9.17) is 12.6 Å². The molecule has 2 aromatic rings. The summed E-state index contributed by atoms with van der Waals surface area (Å²) in [4.78, 5) is 0. The molecule has 2 bridgehead atoms. The zero-order valence-corrected chi connectivity index (χ0v) is 12.2. The van der Waals surface area contributed by atoms with Crippen LogP contribution in [-0.4, -0.2) is 5.25 Å². The van der Waals surface area contributed by atoms with Crippen molar-refractivity contribution in [1.29, 1.82) is 0 Å². The Kier molecular flexibility index (Phi) is 2.24. The van der Waals surface area contributed by atoms with E-state index in [-0.39, 0.29) is 5.41 Å². The Bertz CT molecular complexity index is 609. The predicted octanol–water partition coefficient (Wildman–Crippen LogP) is 4.60. The van der Waals surface area contributed by atoms with Gasteiger partial charge in [-0.2, -0.15) is 12.6 Å². The molecule has 0 fully saturated rings. The molecule has 2 aromatic carbocycles. The van der Waals surface area contributed by atoms with E-state index in [1.807, 2.05) is 0 Å². The molecule has 96 valence electrons. The fourth-order valence-electron chi connectivity index (χ4n) is 4.19. The van der Waals surface area contributed by atoms with Crippen LogP contribution < -0.4 is 0 Å². The van der Waals surface area contributed by atoms with E-state index < -0.39 is 0 Å². The van der Waals surface area contributed by atoms with Crippen LogP contribution >= 0.6 is 12.6 Å². The minimum absolute atomic E-state index is 0.205. The molecule has 0 heterocycles. The summed E-state index contributed by atoms with van der Waals surface area (Å²) in [5.41, 5.74) is 6.22. The first-order chi connectivity index (χ1) is 9.12. The van der Waals surface area contributed by atoms with Gasteiger partial charge >= 0.3 is 0 Å². The van der Waals surface area contributed by atoms with Gasteiger partial charge in [-0.15, -0.1) is 0 Å². The maximum atomic E-state index is 5.00. The molecule has 0 amide bonds. The highest BCUT2D eigenvalue weighted by atomic mass is 32.1. The minimum Gasteiger partial charge on any atom is -0.174 e. The van der Waals surface area contributed by atoms with Crippen LogP contribution in [-0.2, 0) is 0 Å². The summed E-state index contributed by atoms with van der Waals surface area (Å²) in [6.07, 6.45) is 0. The molecular formula is C18H18S. The van der Waals surface area contributed by atoms with Crippen LogP contribution in [0.2, 0.25) is 0 Å². The summed E-state index contributed by atoms with van der Waals surface area (Å²) in [7, 11) is 0. The molecule has 3 aliphatic carbocycles. The molecule has 5 rings (SSSR count). The van der Waals surface area contributed by atoms with E-state index in [1.54, 1.807) is 0 Å². The van der Waals surface area contributed by atoms with Crippen molar-refractivity contribution in [2.75, 3.05) is 0 Å². The molecule has 0 saturated carbocycles. The summed E-state index contributed by atoms with van der Waals surface area (Å²) in [5, 5.41) is 0.391. The highest BCUT2D eigenvalue weighted by Gasteiger charge is 2.52. The van der Waals surface area contributed by atoms with Gasteiger partial charge in [-0.25, -0.2) is 0 Å². The highest BCUT2D eigenvalue weighted by Crippen LogP contribution is 2.62. The van der Waals surface area contributed by atoms with Crippen molar-refractivity contribution in [2.24, 2.45) is 5.41 Å². The van der Waals surface area contributed by atoms with Crippen LogP contribution in [0.1, 0.15) is 47.9 Å². The van der Waals surface area contributed by atoms with Crippen molar-refractivity contribution in [3.63, 3.8) is 0 Å². The SMILES string of the molecule is CC1(C)C2c3ccccc3C(c3ccccc32)C1S. The van der Waals surface area contributed by atoms with Gasteiger partial charge in [0.1, 0.15) is 0 Å². The lowest BCUT2D eigenvalue weighted by molar-refractivity contribution is 0.250. The monoisotopic (exact) mass is 266 g/mol. The van der Waals surface area contributed by atoms with Gasteiger partial charge in [0.15, 0.2) is 0 Å². The van der Waals surface area contributed by atoms with Crippen LogP contribution in [0.5, 0.6) is 0 Å². The Morgan fingerprint density at radius 1 is 0.789 bits per heavy atom. The quantitative estimate of drug-likeness (QED) is 0.662. The molecular weight excluding hydrogens is 248 g/mol. The second kappa shape index (κ2) is 3.67. The largest absolute Gasteiger partial charge is 0.174 e. The van der Waals surface area contributed by atoms with Crippen molar-refractivity contribution in [2.45, 2.75) is 30.9 Å². The molecule has 0 saturated heterocycles. The van der Waals surface area contributed by atoms with Crippen molar-refractivity contribution in [3.8, 4) is 0 Å². The summed E-state index contributed by atoms with van der Waals surface area (Å²) >= 11 is 5.00. The molecule has 0 radical (unpaired) electrons. The molecule has 1 unspecified atom stereocenters. The van der Waals surface area contributed by atoms with Crippen LogP contribution in [0.3, 0.4) is 0 Å². The number of rotatable bonds is 0. The number of benzene rings is 2. The van der Waals surface area contributed by atoms with Gasteiger partial charge in [0.05, 0.1) is 0 Å². The normalized spacial score (nSPS) is 29.7. The molecule has 0 spiro atoms. The average Bonchev–Trinajstić information content (AvgIpc) is 2.42. The maximum absolute atomic E-state index is 5.00. The number of fused-ring (bicyclic) bond motifs is 1. The lowest BCUT2D eigenvalue weighted by Crippen LogP contribution is -2.46. The lowest BCUT2D eigenvalue weighted by Gasteiger charge is -2.54. The number of hydrogen-bond acceptors (Lipinski definition) is 1. The Hall–Kier alpha value is -1.21. The third-order valence-electron chi connectivity index (χ3n) is 5.11. The van der Waals surface area contributed by atoms with E-state index in [0.29, 0.717) is 17.1 Å². The van der Waals surface area contributed by atoms with E-state index in [2.05, 4.69) is 62.4 Å². The smallest absolute Gasteiger partial charge is 0.0217 e.